The second kappa shape index (κ2) is 4.14. The Labute approximate surface area is 84.3 Å². The van der Waals surface area contributed by atoms with Gasteiger partial charge in [-0.25, -0.2) is 8.42 Å². The van der Waals surface area contributed by atoms with E-state index < -0.39 is 9.84 Å². The number of sulfone groups is 1. The molecule has 0 spiro atoms. The molecule has 2 heterocycles. The molecule has 0 aromatic carbocycles. The molecule has 2 fully saturated rings. The summed E-state index contributed by atoms with van der Waals surface area (Å²) >= 11 is 0. The van der Waals surface area contributed by atoms with Crippen molar-refractivity contribution < 1.29 is 13.2 Å². The molecule has 0 radical (unpaired) electrons. The number of hydrogen-bond donors (Lipinski definition) is 1. The van der Waals surface area contributed by atoms with Crippen LogP contribution in [-0.2, 0) is 14.6 Å². The van der Waals surface area contributed by atoms with Crippen LogP contribution in [0.15, 0.2) is 0 Å². The van der Waals surface area contributed by atoms with Crippen molar-refractivity contribution in [3.05, 3.63) is 0 Å². The third-order valence-electron chi connectivity index (χ3n) is 2.75. The number of hydrogen-bond acceptors (Lipinski definition) is 5. The normalized spacial score (nSPS) is 34.1. The zero-order chi connectivity index (χ0) is 10.0. The molecular weight excluding hydrogens is 204 g/mol. The maximum Gasteiger partial charge on any atom is 0.168 e. The highest BCUT2D eigenvalue weighted by Gasteiger charge is 2.34. The topological polar surface area (TPSA) is 58.6 Å². The molecule has 6 heteroatoms. The number of morpholine rings is 1. The largest absolute Gasteiger partial charge is 0.379 e. The van der Waals surface area contributed by atoms with E-state index in [1.807, 2.05) is 4.90 Å². The van der Waals surface area contributed by atoms with E-state index in [2.05, 4.69) is 5.32 Å². The minimum absolute atomic E-state index is 0.259. The van der Waals surface area contributed by atoms with E-state index in [1.54, 1.807) is 0 Å². The highest BCUT2D eigenvalue weighted by Crippen LogP contribution is 2.13. The molecule has 82 valence electrons. The SMILES string of the molecule is O=S1(=O)CCNCC1N1CCOCC1. The molecule has 0 saturated carbocycles. The van der Waals surface area contributed by atoms with Gasteiger partial charge in [0.1, 0.15) is 5.37 Å². The standard InChI is InChI=1S/C8H16N2O3S/c11-14(12)6-1-9-7-8(14)10-2-4-13-5-3-10/h8-9H,1-7H2. The molecule has 5 nitrogen and oxygen atoms in total. The molecule has 0 aromatic heterocycles. The van der Waals surface area contributed by atoms with Crippen LogP contribution >= 0.6 is 0 Å². The quantitative estimate of drug-likeness (QED) is 0.593. The molecular formula is C8H16N2O3S. The molecule has 1 N–H and O–H groups in total. The van der Waals surface area contributed by atoms with Crippen molar-refractivity contribution in [1.29, 1.82) is 0 Å². The molecule has 0 aliphatic carbocycles. The monoisotopic (exact) mass is 220 g/mol. The predicted molar refractivity (Wildman–Crippen MR) is 52.8 cm³/mol. The fourth-order valence-corrected chi connectivity index (χ4v) is 3.66. The highest BCUT2D eigenvalue weighted by atomic mass is 32.2. The maximum absolute atomic E-state index is 11.8. The second-order valence-electron chi connectivity index (χ2n) is 3.67. The fourth-order valence-electron chi connectivity index (χ4n) is 1.92. The van der Waals surface area contributed by atoms with Crippen molar-refractivity contribution in [1.82, 2.24) is 10.2 Å². The molecule has 14 heavy (non-hydrogen) atoms. The van der Waals surface area contributed by atoms with Gasteiger partial charge in [0.2, 0.25) is 0 Å². The minimum atomic E-state index is -2.92. The molecule has 2 aliphatic heterocycles. The van der Waals surface area contributed by atoms with Gasteiger partial charge in [-0.3, -0.25) is 4.90 Å². The lowest BCUT2D eigenvalue weighted by atomic mass is 10.4. The Morgan fingerprint density at radius 1 is 1.29 bits per heavy atom. The van der Waals surface area contributed by atoms with Gasteiger partial charge in [-0.1, -0.05) is 0 Å². The number of ether oxygens (including phenoxy) is 1. The highest BCUT2D eigenvalue weighted by molar-refractivity contribution is 7.92. The summed E-state index contributed by atoms with van der Waals surface area (Å²) in [6.45, 7) is 3.89. The van der Waals surface area contributed by atoms with Gasteiger partial charge in [-0.05, 0) is 0 Å². The van der Waals surface area contributed by atoms with Crippen LogP contribution in [0.1, 0.15) is 0 Å². The van der Waals surface area contributed by atoms with E-state index in [1.165, 1.54) is 0 Å². The van der Waals surface area contributed by atoms with Crippen molar-refractivity contribution in [3.63, 3.8) is 0 Å². The first kappa shape index (κ1) is 10.4. The smallest absolute Gasteiger partial charge is 0.168 e. The Kier molecular flexibility index (Phi) is 3.06. The number of nitrogens with one attached hydrogen (secondary N) is 1. The zero-order valence-electron chi connectivity index (χ0n) is 8.11. The molecule has 0 amide bonds. The van der Waals surface area contributed by atoms with Crippen LogP contribution in [0.2, 0.25) is 0 Å². The van der Waals surface area contributed by atoms with Crippen LogP contribution < -0.4 is 5.32 Å². The van der Waals surface area contributed by atoms with Crippen LogP contribution in [0.3, 0.4) is 0 Å². The Balaban J connectivity index is 2.07. The zero-order valence-corrected chi connectivity index (χ0v) is 8.92. The van der Waals surface area contributed by atoms with E-state index in [-0.39, 0.29) is 11.1 Å². The molecule has 2 rings (SSSR count). The summed E-state index contributed by atoms with van der Waals surface area (Å²) in [7, 11) is -2.92. The van der Waals surface area contributed by atoms with E-state index in [9.17, 15) is 8.42 Å². The molecule has 0 bridgehead atoms. The van der Waals surface area contributed by atoms with Crippen LogP contribution in [-0.4, -0.2) is 63.8 Å². The molecule has 2 saturated heterocycles. The summed E-state index contributed by atoms with van der Waals surface area (Å²) in [5.41, 5.74) is 0. The van der Waals surface area contributed by atoms with E-state index >= 15 is 0 Å². The second-order valence-corrected chi connectivity index (χ2v) is 5.95. The van der Waals surface area contributed by atoms with Crippen LogP contribution in [0, 0.1) is 0 Å². The molecule has 2 aliphatic rings. The van der Waals surface area contributed by atoms with Crippen LogP contribution in [0.25, 0.3) is 0 Å². The van der Waals surface area contributed by atoms with Crippen molar-refractivity contribution in [2.24, 2.45) is 0 Å². The predicted octanol–water partition coefficient (Wildman–Crippen LogP) is -1.34. The Morgan fingerprint density at radius 2 is 2.00 bits per heavy atom. The first-order valence-corrected chi connectivity index (χ1v) is 6.66. The summed E-state index contributed by atoms with van der Waals surface area (Å²) in [6.07, 6.45) is 0. The summed E-state index contributed by atoms with van der Waals surface area (Å²) in [4.78, 5) is 2.00. The van der Waals surface area contributed by atoms with E-state index in [4.69, 9.17) is 4.74 Å². The summed E-state index contributed by atoms with van der Waals surface area (Å²) < 4.78 is 28.7. The lowest BCUT2D eigenvalue weighted by Crippen LogP contribution is -2.56. The van der Waals surface area contributed by atoms with Gasteiger partial charge in [-0.15, -0.1) is 0 Å². The maximum atomic E-state index is 11.8. The van der Waals surface area contributed by atoms with Crippen molar-refractivity contribution in [3.8, 4) is 0 Å². The van der Waals surface area contributed by atoms with Gasteiger partial charge in [0.15, 0.2) is 9.84 Å². The van der Waals surface area contributed by atoms with Gasteiger partial charge in [0, 0.05) is 26.2 Å². The van der Waals surface area contributed by atoms with Crippen molar-refractivity contribution >= 4 is 9.84 Å². The first-order valence-electron chi connectivity index (χ1n) is 4.94. The van der Waals surface area contributed by atoms with Gasteiger partial charge in [-0.2, -0.15) is 0 Å². The average molecular weight is 220 g/mol. The lowest BCUT2D eigenvalue weighted by Gasteiger charge is -2.36. The molecule has 0 aromatic rings. The summed E-state index contributed by atoms with van der Waals surface area (Å²) in [6, 6.07) is 0. The fraction of sp³-hybridized carbons (Fsp3) is 1.00. The van der Waals surface area contributed by atoms with Crippen LogP contribution in [0.5, 0.6) is 0 Å². The van der Waals surface area contributed by atoms with Gasteiger partial charge in [0.05, 0.1) is 19.0 Å². The Hall–Kier alpha value is -0.170. The third-order valence-corrected chi connectivity index (χ3v) is 4.82. The van der Waals surface area contributed by atoms with Gasteiger partial charge >= 0.3 is 0 Å². The first-order chi connectivity index (χ1) is 6.70. The average Bonchev–Trinajstić information content (AvgIpc) is 2.18. The number of rotatable bonds is 1. The Morgan fingerprint density at radius 3 is 2.64 bits per heavy atom. The molecule has 1 atom stereocenters. The van der Waals surface area contributed by atoms with Crippen molar-refractivity contribution in [2.45, 2.75) is 5.37 Å². The van der Waals surface area contributed by atoms with E-state index in [0.29, 0.717) is 26.3 Å². The lowest BCUT2D eigenvalue weighted by molar-refractivity contribution is 0.0306. The minimum Gasteiger partial charge on any atom is -0.379 e. The third kappa shape index (κ3) is 2.08. The van der Waals surface area contributed by atoms with Crippen molar-refractivity contribution in [2.75, 3.05) is 45.1 Å². The summed E-state index contributed by atoms with van der Waals surface area (Å²) in [5, 5.41) is 2.79. The van der Waals surface area contributed by atoms with E-state index in [0.717, 1.165) is 13.1 Å². The van der Waals surface area contributed by atoms with Gasteiger partial charge < -0.3 is 10.1 Å². The summed E-state index contributed by atoms with van der Waals surface area (Å²) in [5.74, 6) is 0.259. The Bertz CT molecular complexity index is 285. The van der Waals surface area contributed by atoms with Gasteiger partial charge in [0.25, 0.3) is 0 Å². The number of nitrogens with zero attached hydrogens (tertiary/aromatic N) is 1. The van der Waals surface area contributed by atoms with Crippen LogP contribution in [0.4, 0.5) is 0 Å². The molecule has 1 unspecified atom stereocenters.